The third-order valence-electron chi connectivity index (χ3n) is 12.8. The molecule has 0 fully saturated rings. The summed E-state index contributed by atoms with van der Waals surface area (Å²) < 4.78 is 0. The largest absolute Gasteiger partial charge is 0.507 e. The van der Waals surface area contributed by atoms with Gasteiger partial charge in [0.15, 0.2) is 11.6 Å². The van der Waals surface area contributed by atoms with Gasteiger partial charge in [0.05, 0.1) is 0 Å². The van der Waals surface area contributed by atoms with E-state index in [0.29, 0.717) is 0 Å². The summed E-state index contributed by atoms with van der Waals surface area (Å²) in [5.74, 6) is -17.2. The molecule has 24 heteroatoms. The molecule has 0 amide bonds. The molecule has 2 aliphatic rings. The highest BCUT2D eigenvalue weighted by atomic mass is 16.4. The van der Waals surface area contributed by atoms with Crippen LogP contribution in [0.4, 0.5) is 0 Å². The fourth-order valence-electron chi connectivity index (χ4n) is 8.87. The molecule has 24 nitrogen and oxygen atoms in total. The maximum atomic E-state index is 12.2. The molecule has 14 N–H and O–H groups in total. The first-order valence-corrected chi connectivity index (χ1v) is 23.8. The van der Waals surface area contributed by atoms with E-state index in [1.165, 1.54) is 48.6 Å². The second kappa shape index (κ2) is 23.9. The minimum Gasteiger partial charge on any atom is -0.507 e. The zero-order valence-corrected chi connectivity index (χ0v) is 42.5. The van der Waals surface area contributed by atoms with Crippen LogP contribution in [0.25, 0.3) is 11.1 Å². The van der Waals surface area contributed by atoms with Gasteiger partial charge >= 0.3 is 47.8 Å². The third-order valence-corrected chi connectivity index (χ3v) is 12.8. The Morgan fingerprint density at radius 3 is 0.893 bits per heavy atom. The molecule has 0 radical (unpaired) electrons. The summed E-state index contributed by atoms with van der Waals surface area (Å²) in [7, 11) is 0. The first-order valence-electron chi connectivity index (χ1n) is 23.8. The van der Waals surface area contributed by atoms with E-state index < -0.39 is 138 Å². The van der Waals surface area contributed by atoms with Gasteiger partial charge in [-0.15, -0.1) is 0 Å². The molecular weight excluding hydrogens is 1100 g/mol. The molecule has 0 saturated carbocycles. The topological polar surface area (TPSA) is 454 Å². The molecule has 424 valence electrons. The summed E-state index contributed by atoms with van der Waals surface area (Å²) in [6, 6.07) is 18.9. The van der Waals surface area contributed by atoms with Crippen LogP contribution in [0.1, 0.15) is 107 Å². The standard InChI is InChI=1S/2C30H20O12/c2*31-22-4-1-13(8-18(22)27(35)36)7-17-9-16(12-21(26(17)34)30(41)42)25(14-2-5-23(32)19(10-14)28(37)38)15-3-6-24(33)20(11-15)29(39)40/h2*1-6,8-12,31-32,34H,7H2,(H,35,36)(H,37,38)(H,39,40)(H,41,42)/b25-15-;. The number of aromatic carboxylic acids is 6. The Morgan fingerprint density at radius 1 is 0.310 bits per heavy atom. The summed E-state index contributed by atoms with van der Waals surface area (Å²) in [4.78, 5) is 118. The van der Waals surface area contributed by atoms with Gasteiger partial charge in [0.1, 0.15) is 79.0 Å². The minimum atomic E-state index is -1.55. The maximum Gasteiger partial charge on any atom is 0.339 e. The number of benzene rings is 6. The number of hydrogen-bond donors (Lipinski definition) is 14. The molecule has 0 heterocycles. The van der Waals surface area contributed by atoms with Gasteiger partial charge in [-0.1, -0.05) is 36.4 Å². The van der Waals surface area contributed by atoms with Crippen molar-refractivity contribution in [1.29, 1.82) is 0 Å². The van der Waals surface area contributed by atoms with E-state index in [2.05, 4.69) is 0 Å². The molecule has 0 saturated heterocycles. The zero-order valence-electron chi connectivity index (χ0n) is 42.5. The van der Waals surface area contributed by atoms with E-state index in [0.717, 1.165) is 85.0 Å². The van der Waals surface area contributed by atoms with Crippen molar-refractivity contribution >= 4 is 70.5 Å². The first kappa shape index (κ1) is 59.3. The van der Waals surface area contributed by atoms with E-state index >= 15 is 0 Å². The van der Waals surface area contributed by atoms with Gasteiger partial charge in [-0.3, -0.25) is 9.59 Å². The Kier molecular flexibility index (Phi) is 16.9. The molecule has 0 unspecified atom stereocenters. The number of aromatic hydroxyl groups is 6. The molecule has 2 aliphatic carbocycles. The van der Waals surface area contributed by atoms with Gasteiger partial charge in [0, 0.05) is 12.8 Å². The highest BCUT2D eigenvalue weighted by Gasteiger charge is 2.28. The van der Waals surface area contributed by atoms with Crippen molar-refractivity contribution in [3.63, 3.8) is 0 Å². The van der Waals surface area contributed by atoms with Crippen molar-refractivity contribution in [2.24, 2.45) is 0 Å². The number of hydrogen-bond acceptors (Lipinski definition) is 16. The van der Waals surface area contributed by atoms with E-state index in [1.807, 2.05) is 0 Å². The number of aliphatic carboxylic acids is 2. The molecule has 0 bridgehead atoms. The monoisotopic (exact) mass is 1140 g/mol. The fourth-order valence-corrected chi connectivity index (χ4v) is 8.87. The molecule has 6 aromatic rings. The highest BCUT2D eigenvalue weighted by molar-refractivity contribution is 6.24. The molecule has 0 aromatic heterocycles. The molecule has 0 aliphatic heterocycles. The van der Waals surface area contributed by atoms with Gasteiger partial charge in [0.25, 0.3) is 0 Å². The van der Waals surface area contributed by atoms with Crippen LogP contribution in [-0.4, -0.2) is 131 Å². The first-order chi connectivity index (χ1) is 39.6. The predicted molar refractivity (Wildman–Crippen MR) is 288 cm³/mol. The fraction of sp³-hybridized carbons (Fsp3) is 0.0333. The lowest BCUT2D eigenvalue weighted by Gasteiger charge is -2.18. The van der Waals surface area contributed by atoms with Gasteiger partial charge in [-0.05, 0) is 164 Å². The molecule has 6 aromatic carbocycles. The lowest BCUT2D eigenvalue weighted by Crippen LogP contribution is -2.13. The molecular formula is C60H40O24. The van der Waals surface area contributed by atoms with E-state index in [1.54, 1.807) is 0 Å². The van der Waals surface area contributed by atoms with Crippen LogP contribution in [0.3, 0.4) is 0 Å². The molecule has 8 rings (SSSR count). The Bertz CT molecular complexity index is 3880. The number of allylic oxidation sites excluding steroid dienone is 8. The number of rotatable bonds is 16. The zero-order chi connectivity index (χ0) is 61.8. The number of ketones is 2. The lowest BCUT2D eigenvalue weighted by atomic mass is 9.86. The third kappa shape index (κ3) is 12.6. The lowest BCUT2D eigenvalue weighted by molar-refractivity contribution is -0.135. The Labute approximate surface area is 469 Å². The number of carbonyl (C=O) groups excluding carboxylic acids is 2. The number of carboxylic acid groups (broad SMARTS) is 8. The summed E-state index contributed by atoms with van der Waals surface area (Å²) >= 11 is 0. The van der Waals surface area contributed by atoms with Crippen LogP contribution >= 0.6 is 0 Å². The van der Waals surface area contributed by atoms with E-state index in [9.17, 15) is 119 Å². The smallest absolute Gasteiger partial charge is 0.339 e. The average molecular weight is 1140 g/mol. The van der Waals surface area contributed by atoms with Crippen LogP contribution in [0, 0.1) is 0 Å². The van der Waals surface area contributed by atoms with Gasteiger partial charge in [-0.2, -0.15) is 0 Å². The van der Waals surface area contributed by atoms with E-state index in [4.69, 9.17) is 0 Å². The van der Waals surface area contributed by atoms with Crippen molar-refractivity contribution in [1.82, 2.24) is 0 Å². The summed E-state index contributed by atoms with van der Waals surface area (Å²) in [5, 5.41) is 138. The highest BCUT2D eigenvalue weighted by Crippen LogP contribution is 2.40. The molecule has 84 heavy (non-hydrogen) atoms. The number of carbonyl (C=O) groups is 10. The summed E-state index contributed by atoms with van der Waals surface area (Å²) in [5.41, 5.74) is -3.27. The van der Waals surface area contributed by atoms with Crippen molar-refractivity contribution in [2.75, 3.05) is 0 Å². The minimum absolute atomic E-state index is 0.0134. The van der Waals surface area contributed by atoms with Gasteiger partial charge in [0.2, 0.25) is 0 Å². The molecule has 0 atom stereocenters. The quantitative estimate of drug-likeness (QED) is 0.0439. The van der Waals surface area contributed by atoms with Crippen LogP contribution < -0.4 is 0 Å². The maximum absolute atomic E-state index is 12.2. The van der Waals surface area contributed by atoms with Gasteiger partial charge in [-0.25, -0.2) is 38.4 Å². The summed E-state index contributed by atoms with van der Waals surface area (Å²) in [6.07, 6.45) is 6.07. The van der Waals surface area contributed by atoms with Crippen molar-refractivity contribution in [2.45, 2.75) is 12.8 Å². The Balaban J connectivity index is 0.000000241. The van der Waals surface area contributed by atoms with Crippen molar-refractivity contribution in [3.05, 3.63) is 234 Å². The average Bonchev–Trinajstić information content (AvgIpc) is 1.63. The second-order valence-corrected chi connectivity index (χ2v) is 18.2. The van der Waals surface area contributed by atoms with Crippen LogP contribution in [0.2, 0.25) is 0 Å². The number of carboxylic acids is 8. The second-order valence-electron chi connectivity index (χ2n) is 18.2. The van der Waals surface area contributed by atoms with Crippen LogP contribution in [0.5, 0.6) is 34.5 Å². The normalized spacial score (nSPS) is 13.8. The summed E-state index contributed by atoms with van der Waals surface area (Å²) in [6.45, 7) is 0. The Morgan fingerprint density at radius 2 is 0.595 bits per heavy atom. The predicted octanol–water partition coefficient (Wildman–Crippen LogP) is 6.88. The number of phenols is 6. The van der Waals surface area contributed by atoms with Crippen LogP contribution in [-0.2, 0) is 32.0 Å². The van der Waals surface area contributed by atoms with E-state index in [-0.39, 0.29) is 79.6 Å². The van der Waals surface area contributed by atoms with Crippen LogP contribution in [0.15, 0.2) is 156 Å². The Hall–Kier alpha value is -12.3. The van der Waals surface area contributed by atoms with Crippen molar-refractivity contribution in [3.8, 4) is 34.5 Å². The molecule has 0 spiro atoms. The SMILES string of the molecule is O=C(O)C1=C/C(=C(/c2ccc(O)c(C(=O)O)c2)c2cc(Cc3ccc(O)c(C(=O)O)c3)c(O)c(C(=O)O)c2)C=CC1=O.O=C(O)C1=CC(=C(c2ccc(O)c(C(=O)O)c2)c2cc(Cc3ccc(O)c(C(=O)O)c3)c(O)c(C(=O)O)c2)C=CC1=O. The van der Waals surface area contributed by atoms with Crippen molar-refractivity contribution < 1.29 is 119 Å². The van der Waals surface area contributed by atoms with Gasteiger partial charge < -0.3 is 71.5 Å².